The van der Waals surface area contributed by atoms with E-state index in [2.05, 4.69) is 10.2 Å². The maximum absolute atomic E-state index is 13.5. The second-order valence-electron chi connectivity index (χ2n) is 8.82. The van der Waals surface area contributed by atoms with E-state index in [1.54, 1.807) is 61.5 Å². The predicted molar refractivity (Wildman–Crippen MR) is 139 cm³/mol. The molecule has 0 aliphatic rings. The topological polar surface area (TPSA) is 96.5 Å². The number of nitrogens with zero attached hydrogens (tertiary/aromatic N) is 3. The Morgan fingerprint density at radius 3 is 2.43 bits per heavy atom. The number of carbonyl (C=O) groups excluding carboxylic acids is 1. The van der Waals surface area contributed by atoms with E-state index in [0.29, 0.717) is 65.0 Å². The molecule has 1 atom stereocenters. The number of hydrogen-bond acceptors (Lipinski definition) is 4. The summed E-state index contributed by atoms with van der Waals surface area (Å²) in [6.45, 7) is 9.01. The van der Waals surface area contributed by atoms with Crippen LogP contribution in [0, 0.1) is 18.3 Å². The third kappa shape index (κ3) is 6.33. The maximum atomic E-state index is 13.5. The highest BCUT2D eigenvalue weighted by Gasteiger charge is 2.16. The molecule has 0 radical (unpaired) electrons. The second-order valence-corrected chi connectivity index (χ2v) is 8.82. The van der Waals surface area contributed by atoms with E-state index in [9.17, 15) is 19.1 Å². The third-order valence-electron chi connectivity index (χ3n) is 6.11. The summed E-state index contributed by atoms with van der Waals surface area (Å²) < 4.78 is 13.5. The molecule has 1 amide bonds. The first kappa shape index (κ1) is 25.5. The van der Waals surface area contributed by atoms with Gasteiger partial charge in [0.1, 0.15) is 5.82 Å². The highest BCUT2D eigenvalue weighted by molar-refractivity contribution is 5.97. The summed E-state index contributed by atoms with van der Waals surface area (Å²) in [5.41, 5.74) is 4.96. The molecule has 1 aromatic heterocycles. The number of halogens is 1. The van der Waals surface area contributed by atoms with Crippen LogP contribution in [-0.4, -0.2) is 27.0 Å². The summed E-state index contributed by atoms with van der Waals surface area (Å²) in [6.07, 6.45) is 1.57. The van der Waals surface area contributed by atoms with Crippen molar-refractivity contribution in [2.45, 2.75) is 32.7 Å². The molecule has 4 rings (SSSR count). The standard InChI is InChI=1S/C29H25FN4O3/c1-18(29(36)37)4-3-5-25-27(20-8-11-22(30)12-9-20)34-24-15-10-21(16-26(24)33-25)28(35)32-17-19-6-13-23(31-2)14-7-19/h6-16,18H,3-5,17H2,1H3,(H,32,35)(H,36,37). The predicted octanol–water partition coefficient (Wildman–Crippen LogP) is 5.96. The Balaban J connectivity index is 1.59. The number of carbonyl (C=O) groups is 2. The SMILES string of the molecule is [C-]#[N+]c1ccc(CNC(=O)c2ccc3nc(-c4ccc(F)cc4)c(CCCC(C)C(=O)O)nc3c2)cc1. The maximum Gasteiger partial charge on any atom is 0.306 e. The molecule has 4 aromatic rings. The minimum absolute atomic E-state index is 0.266. The van der Waals surface area contributed by atoms with Crippen LogP contribution in [0.5, 0.6) is 0 Å². The van der Waals surface area contributed by atoms with Gasteiger partial charge in [0.05, 0.1) is 34.9 Å². The van der Waals surface area contributed by atoms with Crippen molar-refractivity contribution in [2.75, 3.05) is 0 Å². The molecule has 0 aliphatic carbocycles. The van der Waals surface area contributed by atoms with Crippen LogP contribution in [-0.2, 0) is 17.8 Å². The molecule has 0 spiro atoms. The average Bonchev–Trinajstić information content (AvgIpc) is 2.91. The van der Waals surface area contributed by atoms with Crippen LogP contribution in [0.4, 0.5) is 10.1 Å². The number of benzene rings is 3. The molecule has 1 unspecified atom stereocenters. The van der Waals surface area contributed by atoms with Crippen molar-refractivity contribution in [3.63, 3.8) is 0 Å². The van der Waals surface area contributed by atoms with Gasteiger partial charge in [0.2, 0.25) is 0 Å². The normalized spacial score (nSPS) is 11.6. The van der Waals surface area contributed by atoms with Crippen molar-refractivity contribution in [3.8, 4) is 11.3 Å². The fourth-order valence-electron chi connectivity index (χ4n) is 3.92. The highest BCUT2D eigenvalue weighted by atomic mass is 19.1. The van der Waals surface area contributed by atoms with E-state index in [1.807, 2.05) is 0 Å². The summed E-state index contributed by atoms with van der Waals surface area (Å²) >= 11 is 0. The zero-order chi connectivity index (χ0) is 26.4. The Labute approximate surface area is 213 Å². The first-order chi connectivity index (χ1) is 17.8. The Hall–Kier alpha value is -4.64. The number of nitrogens with one attached hydrogen (secondary N) is 1. The summed E-state index contributed by atoms with van der Waals surface area (Å²) in [4.78, 5) is 36.9. The van der Waals surface area contributed by atoms with Crippen molar-refractivity contribution in [2.24, 2.45) is 5.92 Å². The lowest BCUT2D eigenvalue weighted by Gasteiger charge is -2.12. The molecule has 0 saturated carbocycles. The van der Waals surface area contributed by atoms with E-state index in [-0.39, 0.29) is 11.7 Å². The van der Waals surface area contributed by atoms with Crippen molar-refractivity contribution < 1.29 is 19.1 Å². The van der Waals surface area contributed by atoms with Gasteiger partial charge in [-0.1, -0.05) is 31.2 Å². The van der Waals surface area contributed by atoms with E-state index < -0.39 is 11.9 Å². The van der Waals surface area contributed by atoms with Crippen molar-refractivity contribution >= 4 is 28.6 Å². The van der Waals surface area contributed by atoms with Crippen LogP contribution < -0.4 is 5.32 Å². The fourth-order valence-corrected chi connectivity index (χ4v) is 3.92. The van der Waals surface area contributed by atoms with Crippen molar-refractivity contribution in [3.05, 3.63) is 101 Å². The van der Waals surface area contributed by atoms with Crippen LogP contribution in [0.25, 0.3) is 27.1 Å². The number of aliphatic carboxylic acids is 1. The molecule has 0 aliphatic heterocycles. The molecule has 1 heterocycles. The fraction of sp³-hybridized carbons (Fsp3) is 0.207. The highest BCUT2D eigenvalue weighted by Crippen LogP contribution is 2.26. The number of hydrogen-bond donors (Lipinski definition) is 2. The van der Waals surface area contributed by atoms with Gasteiger partial charge in [0, 0.05) is 17.7 Å². The minimum Gasteiger partial charge on any atom is -0.481 e. The molecule has 7 nitrogen and oxygen atoms in total. The second kappa shape index (κ2) is 11.4. The molecule has 186 valence electrons. The molecule has 0 saturated heterocycles. The van der Waals surface area contributed by atoms with Gasteiger partial charge in [-0.3, -0.25) is 9.59 Å². The molecule has 37 heavy (non-hydrogen) atoms. The van der Waals surface area contributed by atoms with Gasteiger partial charge in [0.25, 0.3) is 5.91 Å². The lowest BCUT2D eigenvalue weighted by Crippen LogP contribution is -2.22. The number of amides is 1. The molecular formula is C29H25FN4O3. The summed E-state index contributed by atoms with van der Waals surface area (Å²) in [7, 11) is 0. The van der Waals surface area contributed by atoms with E-state index in [0.717, 1.165) is 5.56 Å². The van der Waals surface area contributed by atoms with Crippen LogP contribution in [0.15, 0.2) is 66.7 Å². The first-order valence-electron chi connectivity index (χ1n) is 11.9. The van der Waals surface area contributed by atoms with Gasteiger partial charge in [0.15, 0.2) is 5.69 Å². The number of carboxylic acids is 1. The molecule has 3 aromatic carbocycles. The zero-order valence-electron chi connectivity index (χ0n) is 20.2. The van der Waals surface area contributed by atoms with Crippen LogP contribution in [0.3, 0.4) is 0 Å². The zero-order valence-corrected chi connectivity index (χ0v) is 20.2. The van der Waals surface area contributed by atoms with Gasteiger partial charge < -0.3 is 10.4 Å². The smallest absolute Gasteiger partial charge is 0.306 e. The van der Waals surface area contributed by atoms with Gasteiger partial charge in [-0.25, -0.2) is 19.2 Å². The van der Waals surface area contributed by atoms with E-state index >= 15 is 0 Å². The number of carboxylic acid groups (broad SMARTS) is 1. The molecule has 8 heteroatoms. The number of fused-ring (bicyclic) bond motifs is 1. The number of aromatic nitrogens is 2. The Morgan fingerprint density at radius 2 is 1.76 bits per heavy atom. The lowest BCUT2D eigenvalue weighted by molar-refractivity contribution is -0.141. The quantitative estimate of drug-likeness (QED) is 0.279. The summed E-state index contributed by atoms with van der Waals surface area (Å²) in [5, 5.41) is 12.1. The Morgan fingerprint density at radius 1 is 1.03 bits per heavy atom. The number of rotatable bonds is 9. The largest absolute Gasteiger partial charge is 0.481 e. The van der Waals surface area contributed by atoms with E-state index in [1.165, 1.54) is 12.1 Å². The first-order valence-corrected chi connectivity index (χ1v) is 11.9. The monoisotopic (exact) mass is 496 g/mol. The van der Waals surface area contributed by atoms with Crippen molar-refractivity contribution in [1.82, 2.24) is 15.3 Å². The van der Waals surface area contributed by atoms with Gasteiger partial charge in [-0.05, 0) is 67.3 Å². The third-order valence-corrected chi connectivity index (χ3v) is 6.11. The van der Waals surface area contributed by atoms with Crippen LogP contribution in [0.2, 0.25) is 0 Å². The van der Waals surface area contributed by atoms with Crippen LogP contribution in [0.1, 0.15) is 41.4 Å². The minimum atomic E-state index is -0.846. The molecule has 0 bridgehead atoms. The van der Waals surface area contributed by atoms with Gasteiger partial charge >= 0.3 is 5.97 Å². The van der Waals surface area contributed by atoms with Crippen molar-refractivity contribution in [1.29, 1.82) is 0 Å². The average molecular weight is 497 g/mol. The molecular weight excluding hydrogens is 471 g/mol. The lowest BCUT2D eigenvalue weighted by atomic mass is 10.0. The number of aryl methyl sites for hydroxylation is 1. The van der Waals surface area contributed by atoms with Gasteiger partial charge in [-0.2, -0.15) is 0 Å². The van der Waals surface area contributed by atoms with E-state index in [4.69, 9.17) is 16.5 Å². The molecule has 2 N–H and O–H groups in total. The summed E-state index contributed by atoms with van der Waals surface area (Å²) in [6, 6.07) is 18.1. The molecule has 0 fully saturated rings. The Kier molecular flexibility index (Phi) is 7.84. The van der Waals surface area contributed by atoms with Gasteiger partial charge in [-0.15, -0.1) is 0 Å². The van der Waals surface area contributed by atoms with Crippen LogP contribution >= 0.6 is 0 Å². The Bertz CT molecular complexity index is 1480. The summed E-state index contributed by atoms with van der Waals surface area (Å²) in [5.74, 6) is -1.94.